The number of hydrogen-bond acceptors (Lipinski definition) is 3. The first-order chi connectivity index (χ1) is 10.1. The molecule has 0 radical (unpaired) electrons. The van der Waals surface area contributed by atoms with Crippen molar-refractivity contribution < 1.29 is 13.2 Å². The summed E-state index contributed by atoms with van der Waals surface area (Å²) < 4.78 is 23.8. The Hall–Kier alpha value is -1.62. The van der Waals surface area contributed by atoms with Crippen LogP contribution in [0.3, 0.4) is 0 Å². The van der Waals surface area contributed by atoms with Crippen molar-refractivity contribution in [3.63, 3.8) is 0 Å². The Kier molecular flexibility index (Phi) is 5.56. The largest absolute Gasteiger partial charge is 0.343 e. The molecular formula is C16H21NO3S. The van der Waals surface area contributed by atoms with Gasteiger partial charge < -0.3 is 4.90 Å². The van der Waals surface area contributed by atoms with Gasteiger partial charge in [-0.2, -0.15) is 0 Å². The van der Waals surface area contributed by atoms with Crippen LogP contribution < -0.4 is 0 Å². The van der Waals surface area contributed by atoms with Gasteiger partial charge in [-0.1, -0.05) is 42.5 Å². The van der Waals surface area contributed by atoms with Gasteiger partial charge in [0.2, 0.25) is 5.91 Å². The van der Waals surface area contributed by atoms with E-state index in [9.17, 15) is 13.2 Å². The molecule has 1 heterocycles. The number of carbonyl (C=O) groups is 1. The molecule has 21 heavy (non-hydrogen) atoms. The first kappa shape index (κ1) is 15.8. The minimum atomic E-state index is -3.09. The van der Waals surface area contributed by atoms with Crippen LogP contribution in [0.25, 0.3) is 6.08 Å². The van der Waals surface area contributed by atoms with Crippen molar-refractivity contribution in [1.82, 2.24) is 4.90 Å². The molecule has 2 rings (SSSR count). The lowest BCUT2D eigenvalue weighted by molar-refractivity contribution is -0.127. The van der Waals surface area contributed by atoms with E-state index in [1.807, 2.05) is 36.4 Å². The fourth-order valence-corrected chi connectivity index (χ4v) is 3.52. The monoisotopic (exact) mass is 307 g/mol. The molecule has 114 valence electrons. The number of nitrogens with zero attached hydrogens (tertiary/aromatic N) is 1. The molecule has 1 aliphatic rings. The predicted octanol–water partition coefficient (Wildman–Crippen LogP) is 2.13. The van der Waals surface area contributed by atoms with E-state index in [2.05, 4.69) is 0 Å². The highest BCUT2D eigenvalue weighted by Crippen LogP contribution is 2.10. The van der Waals surface area contributed by atoms with E-state index in [-0.39, 0.29) is 17.4 Å². The van der Waals surface area contributed by atoms with Gasteiger partial charge >= 0.3 is 0 Å². The number of benzene rings is 1. The van der Waals surface area contributed by atoms with Gasteiger partial charge in [-0.05, 0) is 18.4 Å². The third-order valence-corrected chi connectivity index (χ3v) is 5.13. The van der Waals surface area contributed by atoms with Crippen molar-refractivity contribution in [2.45, 2.75) is 19.3 Å². The number of hydrogen-bond donors (Lipinski definition) is 0. The van der Waals surface area contributed by atoms with Crippen LogP contribution >= 0.6 is 0 Å². The molecule has 5 heteroatoms. The smallest absolute Gasteiger partial charge is 0.222 e. The second-order valence-corrected chi connectivity index (χ2v) is 7.49. The van der Waals surface area contributed by atoms with Gasteiger partial charge in [0.15, 0.2) is 9.84 Å². The molecule has 0 unspecified atom stereocenters. The van der Waals surface area contributed by atoms with Crippen molar-refractivity contribution in [3.05, 3.63) is 42.0 Å². The van der Waals surface area contributed by atoms with E-state index in [4.69, 9.17) is 0 Å². The maximum absolute atomic E-state index is 11.9. The van der Waals surface area contributed by atoms with Gasteiger partial charge in [-0.3, -0.25) is 4.79 Å². The summed E-state index contributed by atoms with van der Waals surface area (Å²) >= 11 is 0. The van der Waals surface area contributed by atoms with Gasteiger partial charge in [0.1, 0.15) is 0 Å². The van der Waals surface area contributed by atoms with Gasteiger partial charge in [0.25, 0.3) is 0 Å². The van der Waals surface area contributed by atoms with Crippen LogP contribution in [-0.4, -0.2) is 43.8 Å². The Bertz CT molecular complexity index is 593. The van der Waals surface area contributed by atoms with Crippen molar-refractivity contribution in [1.29, 1.82) is 0 Å². The second kappa shape index (κ2) is 7.41. The molecule has 0 bridgehead atoms. The molecule has 0 atom stereocenters. The number of likely N-dealkylation sites (tertiary alicyclic amines) is 1. The molecule has 0 N–H and O–H groups in total. The summed E-state index contributed by atoms with van der Waals surface area (Å²) in [5.41, 5.74) is 0.996. The highest BCUT2D eigenvalue weighted by atomic mass is 32.2. The summed E-state index contributed by atoms with van der Waals surface area (Å²) in [5.74, 6) is 0.336. The third kappa shape index (κ3) is 5.34. The zero-order chi connectivity index (χ0) is 15.1. The summed E-state index contributed by atoms with van der Waals surface area (Å²) in [5, 5.41) is 0. The molecular weight excluding hydrogens is 286 g/mol. The Labute approximate surface area is 126 Å². The lowest BCUT2D eigenvalue weighted by atomic mass is 10.2. The second-order valence-electron chi connectivity index (χ2n) is 5.27. The van der Waals surface area contributed by atoms with Crippen molar-refractivity contribution in [2.75, 3.05) is 24.6 Å². The zero-order valence-corrected chi connectivity index (χ0v) is 12.9. The molecule has 0 aliphatic carbocycles. The zero-order valence-electron chi connectivity index (χ0n) is 12.1. The lowest BCUT2D eigenvalue weighted by Crippen LogP contribution is -2.27. The average Bonchev–Trinajstić information content (AvgIpc) is 2.85. The minimum Gasteiger partial charge on any atom is -0.343 e. The van der Waals surface area contributed by atoms with Crippen LogP contribution in [0.15, 0.2) is 36.4 Å². The van der Waals surface area contributed by atoms with E-state index in [0.29, 0.717) is 19.4 Å². The average molecular weight is 307 g/mol. The molecule has 1 aromatic rings. The fourth-order valence-electron chi connectivity index (χ4n) is 2.39. The van der Waals surface area contributed by atoms with E-state index >= 15 is 0 Å². The predicted molar refractivity (Wildman–Crippen MR) is 84.6 cm³/mol. The maximum Gasteiger partial charge on any atom is 0.222 e. The third-order valence-electron chi connectivity index (χ3n) is 3.51. The van der Waals surface area contributed by atoms with Crippen LogP contribution in [-0.2, 0) is 14.6 Å². The summed E-state index contributed by atoms with van der Waals surface area (Å²) in [6.45, 7) is 1.33. The number of sulfone groups is 1. The minimum absolute atomic E-state index is 0.0514. The van der Waals surface area contributed by atoms with E-state index in [1.54, 1.807) is 11.0 Å². The molecule has 4 nitrogen and oxygen atoms in total. The summed E-state index contributed by atoms with van der Waals surface area (Å²) in [7, 11) is -3.09. The van der Waals surface area contributed by atoms with Crippen LogP contribution in [0.2, 0.25) is 0 Å². The fraction of sp³-hybridized carbons (Fsp3) is 0.438. The summed E-state index contributed by atoms with van der Waals surface area (Å²) in [6, 6.07) is 9.63. The van der Waals surface area contributed by atoms with Gasteiger partial charge in [0, 0.05) is 19.5 Å². The van der Waals surface area contributed by atoms with Crippen molar-refractivity contribution >= 4 is 21.8 Å². The SMILES string of the molecule is O=C1CCCN1CCCS(=O)(=O)CC=Cc1ccccc1. The maximum atomic E-state index is 11.9. The highest BCUT2D eigenvalue weighted by Gasteiger charge is 2.20. The molecule has 1 fully saturated rings. The summed E-state index contributed by atoms with van der Waals surface area (Å²) in [4.78, 5) is 13.2. The van der Waals surface area contributed by atoms with Crippen LogP contribution in [0, 0.1) is 0 Å². The van der Waals surface area contributed by atoms with Crippen LogP contribution in [0.4, 0.5) is 0 Å². The molecule has 0 spiro atoms. The Morgan fingerprint density at radius 3 is 2.62 bits per heavy atom. The standard InChI is InChI=1S/C16H21NO3S/c18-16-10-4-11-17(16)12-6-14-21(19,20)13-5-9-15-7-2-1-3-8-15/h1-3,5,7-9H,4,6,10-14H2. The Balaban J connectivity index is 1.74. The van der Waals surface area contributed by atoms with E-state index < -0.39 is 9.84 Å². The lowest BCUT2D eigenvalue weighted by Gasteiger charge is -2.14. The van der Waals surface area contributed by atoms with Gasteiger partial charge in [-0.25, -0.2) is 8.42 Å². The number of rotatable bonds is 7. The highest BCUT2D eigenvalue weighted by molar-refractivity contribution is 7.91. The first-order valence-electron chi connectivity index (χ1n) is 7.27. The van der Waals surface area contributed by atoms with Crippen molar-refractivity contribution in [3.8, 4) is 0 Å². The molecule has 1 aliphatic heterocycles. The molecule has 0 aromatic heterocycles. The Morgan fingerprint density at radius 1 is 1.19 bits per heavy atom. The number of amides is 1. The molecule has 1 aromatic carbocycles. The number of carbonyl (C=O) groups excluding carboxylic acids is 1. The van der Waals surface area contributed by atoms with Crippen LogP contribution in [0.5, 0.6) is 0 Å². The van der Waals surface area contributed by atoms with Crippen molar-refractivity contribution in [2.24, 2.45) is 0 Å². The first-order valence-corrected chi connectivity index (χ1v) is 9.09. The van der Waals surface area contributed by atoms with Gasteiger partial charge in [0.05, 0.1) is 11.5 Å². The van der Waals surface area contributed by atoms with Gasteiger partial charge in [-0.15, -0.1) is 0 Å². The summed E-state index contributed by atoms with van der Waals surface area (Å²) in [6.07, 6.45) is 5.53. The normalized spacial score (nSPS) is 16.0. The van der Waals surface area contributed by atoms with Crippen LogP contribution in [0.1, 0.15) is 24.8 Å². The molecule has 0 saturated carbocycles. The van der Waals surface area contributed by atoms with E-state index in [0.717, 1.165) is 18.5 Å². The Morgan fingerprint density at radius 2 is 1.95 bits per heavy atom. The molecule has 1 amide bonds. The molecule has 1 saturated heterocycles. The topological polar surface area (TPSA) is 54.5 Å². The quantitative estimate of drug-likeness (QED) is 0.775. The van der Waals surface area contributed by atoms with E-state index in [1.165, 1.54) is 0 Å².